The lowest BCUT2D eigenvalue weighted by Crippen LogP contribution is -2.28. The maximum absolute atomic E-state index is 12.8. The first-order valence-corrected chi connectivity index (χ1v) is 4.72. The summed E-state index contributed by atoms with van der Waals surface area (Å²) in [7, 11) is 1.57. The van der Waals surface area contributed by atoms with Gasteiger partial charge in [-0.25, -0.2) is 4.39 Å². The number of halogens is 1. The van der Waals surface area contributed by atoms with E-state index in [0.717, 1.165) is 0 Å². The summed E-state index contributed by atoms with van der Waals surface area (Å²) in [4.78, 5) is 11.3. The Bertz CT molecular complexity index is 328. The predicted molar refractivity (Wildman–Crippen MR) is 55.0 cm³/mol. The zero-order valence-corrected chi connectivity index (χ0v) is 8.63. The van der Waals surface area contributed by atoms with Gasteiger partial charge >= 0.3 is 0 Å². The van der Waals surface area contributed by atoms with E-state index in [4.69, 9.17) is 4.74 Å². The summed E-state index contributed by atoms with van der Waals surface area (Å²) < 4.78 is 17.6. The highest BCUT2D eigenvalue weighted by Gasteiger charge is 2.02. The number of methoxy groups -OCH3 is 1. The van der Waals surface area contributed by atoms with E-state index in [0.29, 0.717) is 18.7 Å². The molecule has 0 spiro atoms. The number of hydrogen-bond acceptors (Lipinski definition) is 2. The van der Waals surface area contributed by atoms with Crippen molar-refractivity contribution in [1.82, 2.24) is 5.32 Å². The van der Waals surface area contributed by atoms with Gasteiger partial charge in [-0.15, -0.1) is 0 Å². The molecule has 0 unspecified atom stereocenters. The third kappa shape index (κ3) is 4.56. The molecule has 0 aliphatic carbocycles. The monoisotopic (exact) mass is 211 g/mol. The fraction of sp³-hybridized carbons (Fsp3) is 0.364. The molecule has 0 fully saturated rings. The van der Waals surface area contributed by atoms with Crippen LogP contribution in [0.4, 0.5) is 4.39 Å². The van der Waals surface area contributed by atoms with Crippen molar-refractivity contribution in [1.29, 1.82) is 0 Å². The Labute approximate surface area is 88.2 Å². The molecule has 1 amide bonds. The Kier molecular flexibility index (Phi) is 4.77. The number of ether oxygens (including phenoxy) is 1. The number of carbonyl (C=O) groups excluding carboxylic acids is 1. The van der Waals surface area contributed by atoms with Crippen molar-refractivity contribution in [3.63, 3.8) is 0 Å². The van der Waals surface area contributed by atoms with Crippen LogP contribution in [0.15, 0.2) is 24.3 Å². The molecule has 4 heteroatoms. The molecule has 0 saturated heterocycles. The molecule has 0 aliphatic heterocycles. The fourth-order valence-electron chi connectivity index (χ4n) is 1.19. The fourth-order valence-corrected chi connectivity index (χ4v) is 1.19. The van der Waals surface area contributed by atoms with Crippen molar-refractivity contribution in [2.45, 2.75) is 6.42 Å². The van der Waals surface area contributed by atoms with Gasteiger partial charge in [-0.1, -0.05) is 12.1 Å². The minimum Gasteiger partial charge on any atom is -0.383 e. The van der Waals surface area contributed by atoms with Crippen LogP contribution in [0.25, 0.3) is 0 Å². The standard InChI is InChI=1S/C11H14FNO2/c1-15-6-5-13-11(14)8-9-3-2-4-10(12)7-9/h2-4,7H,5-6,8H2,1H3,(H,13,14). The number of hydrogen-bond donors (Lipinski definition) is 1. The average Bonchev–Trinajstić information content (AvgIpc) is 2.18. The molecule has 0 saturated carbocycles. The van der Waals surface area contributed by atoms with E-state index >= 15 is 0 Å². The number of nitrogens with one attached hydrogen (secondary N) is 1. The lowest BCUT2D eigenvalue weighted by Gasteiger charge is -2.04. The smallest absolute Gasteiger partial charge is 0.224 e. The zero-order chi connectivity index (χ0) is 11.1. The second-order valence-corrected chi connectivity index (χ2v) is 3.15. The predicted octanol–water partition coefficient (Wildman–Crippen LogP) is 1.13. The average molecular weight is 211 g/mol. The van der Waals surface area contributed by atoms with E-state index in [1.165, 1.54) is 12.1 Å². The number of rotatable bonds is 5. The van der Waals surface area contributed by atoms with E-state index in [-0.39, 0.29) is 18.1 Å². The van der Waals surface area contributed by atoms with Gasteiger partial charge in [0.2, 0.25) is 5.91 Å². The van der Waals surface area contributed by atoms with Crippen LogP contribution in [0, 0.1) is 5.82 Å². The summed E-state index contributed by atoms with van der Waals surface area (Å²) >= 11 is 0. The van der Waals surface area contributed by atoms with Gasteiger partial charge in [0.15, 0.2) is 0 Å². The summed E-state index contributed by atoms with van der Waals surface area (Å²) in [5.74, 6) is -0.449. The number of carbonyl (C=O) groups is 1. The molecule has 15 heavy (non-hydrogen) atoms. The minimum absolute atomic E-state index is 0.127. The molecule has 0 heterocycles. The first kappa shape index (κ1) is 11.7. The van der Waals surface area contributed by atoms with E-state index in [1.807, 2.05) is 0 Å². The molecule has 0 aliphatic rings. The van der Waals surface area contributed by atoms with Crippen molar-refractivity contribution in [2.24, 2.45) is 0 Å². The normalized spacial score (nSPS) is 10.0. The summed E-state index contributed by atoms with van der Waals surface area (Å²) in [6, 6.07) is 6.02. The van der Waals surface area contributed by atoms with Crippen molar-refractivity contribution in [3.8, 4) is 0 Å². The van der Waals surface area contributed by atoms with E-state index in [1.54, 1.807) is 19.2 Å². The van der Waals surface area contributed by atoms with Crippen LogP contribution in [-0.2, 0) is 16.0 Å². The molecule has 1 aromatic carbocycles. The molecule has 1 N–H and O–H groups in total. The molecule has 1 aromatic rings. The molecule has 0 radical (unpaired) electrons. The molecule has 0 aromatic heterocycles. The van der Waals surface area contributed by atoms with Crippen molar-refractivity contribution < 1.29 is 13.9 Å². The van der Waals surface area contributed by atoms with Crippen LogP contribution < -0.4 is 5.32 Å². The third-order valence-electron chi connectivity index (χ3n) is 1.88. The summed E-state index contributed by atoms with van der Waals surface area (Å²) in [5, 5.41) is 2.67. The van der Waals surface area contributed by atoms with E-state index < -0.39 is 0 Å². The van der Waals surface area contributed by atoms with Gasteiger partial charge in [-0.2, -0.15) is 0 Å². The molecule has 1 rings (SSSR count). The van der Waals surface area contributed by atoms with Gasteiger partial charge in [-0.05, 0) is 17.7 Å². The second-order valence-electron chi connectivity index (χ2n) is 3.15. The van der Waals surface area contributed by atoms with Gasteiger partial charge in [0.05, 0.1) is 13.0 Å². The maximum Gasteiger partial charge on any atom is 0.224 e. The highest BCUT2D eigenvalue weighted by molar-refractivity contribution is 5.78. The Morgan fingerprint density at radius 2 is 2.33 bits per heavy atom. The first-order valence-electron chi connectivity index (χ1n) is 4.72. The number of amides is 1. The van der Waals surface area contributed by atoms with Crippen LogP contribution in [0.3, 0.4) is 0 Å². The highest BCUT2D eigenvalue weighted by atomic mass is 19.1. The molecular weight excluding hydrogens is 197 g/mol. The quantitative estimate of drug-likeness (QED) is 0.741. The highest BCUT2D eigenvalue weighted by Crippen LogP contribution is 2.03. The van der Waals surface area contributed by atoms with Gasteiger partial charge in [-0.3, -0.25) is 4.79 Å². The van der Waals surface area contributed by atoms with Crippen molar-refractivity contribution in [3.05, 3.63) is 35.6 Å². The summed E-state index contributed by atoms with van der Waals surface area (Å²) in [6.45, 7) is 0.958. The Balaban J connectivity index is 2.37. The molecule has 0 atom stereocenters. The summed E-state index contributed by atoms with van der Waals surface area (Å²) in [5.41, 5.74) is 0.671. The molecule has 0 bridgehead atoms. The number of benzene rings is 1. The Morgan fingerprint density at radius 1 is 1.53 bits per heavy atom. The van der Waals surface area contributed by atoms with Crippen LogP contribution in [0.2, 0.25) is 0 Å². The van der Waals surface area contributed by atoms with Crippen LogP contribution in [-0.4, -0.2) is 26.2 Å². The molecule has 3 nitrogen and oxygen atoms in total. The van der Waals surface area contributed by atoms with Gasteiger partial charge in [0.1, 0.15) is 5.82 Å². The van der Waals surface area contributed by atoms with Gasteiger partial charge < -0.3 is 10.1 Å². The molecule has 82 valence electrons. The first-order chi connectivity index (χ1) is 7.22. The van der Waals surface area contributed by atoms with Gasteiger partial charge in [0, 0.05) is 13.7 Å². The summed E-state index contributed by atoms with van der Waals surface area (Å²) in [6.07, 6.45) is 0.196. The second kappa shape index (κ2) is 6.14. The SMILES string of the molecule is COCCNC(=O)Cc1cccc(F)c1. The van der Waals surface area contributed by atoms with Crippen LogP contribution >= 0.6 is 0 Å². The van der Waals surface area contributed by atoms with Gasteiger partial charge in [0.25, 0.3) is 0 Å². The largest absolute Gasteiger partial charge is 0.383 e. The zero-order valence-electron chi connectivity index (χ0n) is 8.63. The Morgan fingerprint density at radius 3 is 3.00 bits per heavy atom. The Hall–Kier alpha value is -1.42. The maximum atomic E-state index is 12.8. The lowest BCUT2D eigenvalue weighted by molar-refractivity contribution is -0.120. The van der Waals surface area contributed by atoms with Crippen molar-refractivity contribution >= 4 is 5.91 Å². The van der Waals surface area contributed by atoms with Crippen LogP contribution in [0.1, 0.15) is 5.56 Å². The van der Waals surface area contributed by atoms with E-state index in [9.17, 15) is 9.18 Å². The molecular formula is C11H14FNO2. The third-order valence-corrected chi connectivity index (χ3v) is 1.88. The lowest BCUT2D eigenvalue weighted by atomic mass is 10.1. The van der Waals surface area contributed by atoms with E-state index in [2.05, 4.69) is 5.32 Å². The topological polar surface area (TPSA) is 38.3 Å². The van der Waals surface area contributed by atoms with Crippen LogP contribution in [0.5, 0.6) is 0 Å². The minimum atomic E-state index is -0.322. The van der Waals surface area contributed by atoms with Crippen molar-refractivity contribution in [2.75, 3.05) is 20.3 Å².